The summed E-state index contributed by atoms with van der Waals surface area (Å²) in [6.45, 7) is 5.73. The maximum absolute atomic E-state index is 13.4. The molecule has 4 N–H and O–H groups in total. The Balaban J connectivity index is 1.66. The first-order chi connectivity index (χ1) is 15.8. The summed E-state index contributed by atoms with van der Waals surface area (Å²) in [7, 11) is 3.49. The Kier molecular flexibility index (Phi) is 6.33. The molecule has 1 atom stereocenters. The molecule has 3 aromatic rings. The second kappa shape index (κ2) is 9.19. The standard InChI is InChI=1S/C24H31N7O2/c1-14-15(2)19(8-7-16(14)10-20(32)30(3)4)29-24(33)18-12-31(17-6-5-9-26-11-17)23-21(18)22(25)27-13-28-23/h7-8,12-13,17,26H,5-6,9-11H2,1-4H3,(H,29,33)(H2,25,27,28). The van der Waals surface area contributed by atoms with Crippen molar-refractivity contribution in [3.05, 3.63) is 46.9 Å². The lowest BCUT2D eigenvalue weighted by Crippen LogP contribution is -2.31. The third-order valence-electron chi connectivity index (χ3n) is 6.54. The Hall–Kier alpha value is -3.46. The Labute approximate surface area is 193 Å². The Bertz CT molecular complexity index is 1210. The van der Waals surface area contributed by atoms with Gasteiger partial charge in [-0.3, -0.25) is 9.59 Å². The number of likely N-dealkylation sites (N-methyl/N-ethyl adjacent to an activating group) is 1. The second-order valence-electron chi connectivity index (χ2n) is 8.85. The minimum Gasteiger partial charge on any atom is -0.383 e. The number of amides is 2. The molecule has 33 heavy (non-hydrogen) atoms. The van der Waals surface area contributed by atoms with Gasteiger partial charge in [-0.2, -0.15) is 0 Å². The first kappa shape index (κ1) is 22.7. The summed E-state index contributed by atoms with van der Waals surface area (Å²) in [5.74, 6) is 0.0662. The molecule has 3 heterocycles. The molecular formula is C24H31N7O2. The fourth-order valence-corrected chi connectivity index (χ4v) is 4.34. The monoisotopic (exact) mass is 449 g/mol. The van der Waals surface area contributed by atoms with E-state index in [1.165, 1.54) is 6.33 Å². The second-order valence-corrected chi connectivity index (χ2v) is 8.85. The number of nitrogens with one attached hydrogen (secondary N) is 2. The van der Waals surface area contributed by atoms with Gasteiger partial charge in [0.2, 0.25) is 5.91 Å². The van der Waals surface area contributed by atoms with Crippen LogP contribution in [-0.4, -0.2) is 58.4 Å². The fourth-order valence-electron chi connectivity index (χ4n) is 4.34. The van der Waals surface area contributed by atoms with Crippen LogP contribution in [0.1, 0.15) is 45.9 Å². The molecule has 1 saturated heterocycles. The van der Waals surface area contributed by atoms with E-state index in [4.69, 9.17) is 5.73 Å². The van der Waals surface area contributed by atoms with Crippen molar-refractivity contribution >= 4 is 34.4 Å². The average molecular weight is 450 g/mol. The van der Waals surface area contributed by atoms with E-state index in [0.29, 0.717) is 28.7 Å². The number of aromatic nitrogens is 3. The van der Waals surface area contributed by atoms with E-state index >= 15 is 0 Å². The normalized spacial score (nSPS) is 16.1. The molecule has 0 spiro atoms. The summed E-state index contributed by atoms with van der Waals surface area (Å²) in [6.07, 6.45) is 5.67. The largest absolute Gasteiger partial charge is 0.383 e. The maximum Gasteiger partial charge on any atom is 0.258 e. The third kappa shape index (κ3) is 4.41. The molecule has 1 aliphatic heterocycles. The summed E-state index contributed by atoms with van der Waals surface area (Å²) in [4.78, 5) is 35.7. The van der Waals surface area contributed by atoms with Gasteiger partial charge >= 0.3 is 0 Å². The number of nitrogen functional groups attached to an aromatic ring is 1. The van der Waals surface area contributed by atoms with E-state index in [2.05, 4.69) is 20.6 Å². The van der Waals surface area contributed by atoms with Crippen LogP contribution in [0.25, 0.3) is 11.0 Å². The van der Waals surface area contributed by atoms with E-state index in [1.807, 2.05) is 36.7 Å². The zero-order chi connectivity index (χ0) is 23.7. The highest BCUT2D eigenvalue weighted by atomic mass is 16.2. The van der Waals surface area contributed by atoms with Crippen molar-refractivity contribution in [1.82, 2.24) is 24.8 Å². The van der Waals surface area contributed by atoms with Crippen molar-refractivity contribution in [3.63, 3.8) is 0 Å². The summed E-state index contributed by atoms with van der Waals surface area (Å²) in [5.41, 5.74) is 10.9. The predicted octanol–water partition coefficient (Wildman–Crippen LogP) is 2.44. The highest BCUT2D eigenvalue weighted by Crippen LogP contribution is 2.30. The molecule has 9 heteroatoms. The molecule has 1 fully saturated rings. The van der Waals surface area contributed by atoms with Crippen LogP contribution in [0.4, 0.5) is 11.5 Å². The number of nitrogens with zero attached hydrogens (tertiary/aromatic N) is 4. The van der Waals surface area contributed by atoms with Gasteiger partial charge in [-0.05, 0) is 56.0 Å². The molecule has 1 aliphatic rings. The van der Waals surface area contributed by atoms with Crippen molar-refractivity contribution in [1.29, 1.82) is 0 Å². The van der Waals surface area contributed by atoms with Gasteiger partial charge in [0.1, 0.15) is 17.8 Å². The Morgan fingerprint density at radius 1 is 1.24 bits per heavy atom. The quantitative estimate of drug-likeness (QED) is 0.551. The summed E-state index contributed by atoms with van der Waals surface area (Å²) in [5, 5.41) is 7.01. The highest BCUT2D eigenvalue weighted by molar-refractivity contribution is 6.15. The first-order valence-corrected chi connectivity index (χ1v) is 11.2. The minimum absolute atomic E-state index is 0.0368. The van der Waals surface area contributed by atoms with Crippen LogP contribution < -0.4 is 16.4 Å². The fraction of sp³-hybridized carbons (Fsp3) is 0.417. The average Bonchev–Trinajstić information content (AvgIpc) is 3.20. The van der Waals surface area contributed by atoms with Gasteiger partial charge in [-0.15, -0.1) is 0 Å². The van der Waals surface area contributed by atoms with Gasteiger partial charge < -0.3 is 25.8 Å². The number of anilines is 2. The van der Waals surface area contributed by atoms with Gasteiger partial charge in [0.15, 0.2) is 0 Å². The van der Waals surface area contributed by atoms with Crippen LogP contribution >= 0.6 is 0 Å². The minimum atomic E-state index is -0.261. The molecule has 1 aromatic carbocycles. The molecule has 0 bridgehead atoms. The number of fused-ring (bicyclic) bond motifs is 1. The zero-order valence-electron chi connectivity index (χ0n) is 19.6. The van der Waals surface area contributed by atoms with Crippen molar-refractivity contribution in [2.45, 2.75) is 39.2 Å². The number of piperidine rings is 1. The predicted molar refractivity (Wildman–Crippen MR) is 129 cm³/mol. The van der Waals surface area contributed by atoms with Crippen LogP contribution in [0.5, 0.6) is 0 Å². The van der Waals surface area contributed by atoms with E-state index in [9.17, 15) is 9.59 Å². The van der Waals surface area contributed by atoms with E-state index in [1.54, 1.807) is 19.0 Å². The number of benzene rings is 1. The lowest BCUT2D eigenvalue weighted by Gasteiger charge is -2.24. The number of carbonyl (C=O) groups excluding carboxylic acids is 2. The molecule has 0 radical (unpaired) electrons. The van der Waals surface area contributed by atoms with Crippen LogP contribution in [0.2, 0.25) is 0 Å². The van der Waals surface area contributed by atoms with Crippen LogP contribution in [0.15, 0.2) is 24.7 Å². The SMILES string of the molecule is Cc1c(CC(=O)N(C)C)ccc(NC(=O)c2cn(C3CCCNC3)c3ncnc(N)c23)c1C. The van der Waals surface area contributed by atoms with Crippen LogP contribution in [0.3, 0.4) is 0 Å². The van der Waals surface area contributed by atoms with E-state index in [-0.39, 0.29) is 23.7 Å². The van der Waals surface area contributed by atoms with Crippen LogP contribution in [-0.2, 0) is 11.2 Å². The smallest absolute Gasteiger partial charge is 0.258 e. The summed E-state index contributed by atoms with van der Waals surface area (Å²) in [6, 6.07) is 3.95. The summed E-state index contributed by atoms with van der Waals surface area (Å²) < 4.78 is 2.04. The van der Waals surface area contributed by atoms with E-state index in [0.717, 1.165) is 42.6 Å². The Morgan fingerprint density at radius 3 is 2.73 bits per heavy atom. The number of hydrogen-bond acceptors (Lipinski definition) is 6. The lowest BCUT2D eigenvalue weighted by atomic mass is 9.98. The van der Waals surface area contributed by atoms with E-state index < -0.39 is 0 Å². The van der Waals surface area contributed by atoms with Gasteiger partial charge in [0.25, 0.3) is 5.91 Å². The molecule has 0 saturated carbocycles. The molecule has 2 amide bonds. The van der Waals surface area contributed by atoms with Gasteiger partial charge in [-0.25, -0.2) is 9.97 Å². The summed E-state index contributed by atoms with van der Waals surface area (Å²) >= 11 is 0. The van der Waals surface area contributed by atoms with Crippen molar-refractivity contribution in [2.24, 2.45) is 0 Å². The number of carbonyl (C=O) groups is 2. The van der Waals surface area contributed by atoms with Crippen molar-refractivity contribution < 1.29 is 9.59 Å². The number of nitrogens with two attached hydrogens (primary N) is 1. The van der Waals surface area contributed by atoms with Gasteiger partial charge in [0, 0.05) is 38.6 Å². The molecule has 0 aliphatic carbocycles. The number of rotatable bonds is 5. The Morgan fingerprint density at radius 2 is 2.03 bits per heavy atom. The van der Waals surface area contributed by atoms with Gasteiger partial charge in [0.05, 0.1) is 17.4 Å². The highest BCUT2D eigenvalue weighted by Gasteiger charge is 2.24. The molecule has 174 valence electrons. The molecule has 1 unspecified atom stereocenters. The van der Waals surface area contributed by atoms with Gasteiger partial charge in [-0.1, -0.05) is 6.07 Å². The molecular weight excluding hydrogens is 418 g/mol. The third-order valence-corrected chi connectivity index (χ3v) is 6.54. The van der Waals surface area contributed by atoms with Crippen LogP contribution in [0, 0.1) is 13.8 Å². The number of hydrogen-bond donors (Lipinski definition) is 3. The van der Waals surface area contributed by atoms with Crippen molar-refractivity contribution in [3.8, 4) is 0 Å². The molecule has 9 nitrogen and oxygen atoms in total. The zero-order valence-corrected chi connectivity index (χ0v) is 19.6. The van der Waals surface area contributed by atoms with Crippen molar-refractivity contribution in [2.75, 3.05) is 38.2 Å². The maximum atomic E-state index is 13.4. The lowest BCUT2D eigenvalue weighted by molar-refractivity contribution is -0.127. The topological polar surface area (TPSA) is 118 Å². The molecule has 4 rings (SSSR count). The molecule has 2 aromatic heterocycles. The first-order valence-electron chi connectivity index (χ1n) is 11.2.